The lowest BCUT2D eigenvalue weighted by molar-refractivity contribution is 0.00704. The minimum absolute atomic E-state index is 0.310. The van der Waals surface area contributed by atoms with Gasteiger partial charge in [-0.25, -0.2) is 9.48 Å². The molecule has 0 saturated carbocycles. The van der Waals surface area contributed by atoms with Gasteiger partial charge >= 0.3 is 5.97 Å². The van der Waals surface area contributed by atoms with Gasteiger partial charge in [0, 0.05) is 19.1 Å². The molecule has 0 aliphatic rings. The lowest BCUT2D eigenvalue weighted by Crippen LogP contribution is -2.24. The fourth-order valence-corrected chi connectivity index (χ4v) is 4.60. The van der Waals surface area contributed by atoms with Gasteiger partial charge in [0.1, 0.15) is 5.60 Å². The number of benzene rings is 3. The van der Waals surface area contributed by atoms with Crippen molar-refractivity contribution >= 4 is 5.97 Å². The van der Waals surface area contributed by atoms with E-state index in [1.54, 1.807) is 7.11 Å². The second-order valence-corrected chi connectivity index (χ2v) is 10.6. The van der Waals surface area contributed by atoms with Crippen LogP contribution < -0.4 is 0 Å². The number of methoxy groups -OCH3 is 1. The Balaban J connectivity index is 1.67. The van der Waals surface area contributed by atoms with Crippen LogP contribution in [0.2, 0.25) is 0 Å². The molecule has 5 heteroatoms. The third-order valence-corrected chi connectivity index (χ3v) is 6.41. The minimum atomic E-state index is -0.548. The highest BCUT2D eigenvalue weighted by Gasteiger charge is 2.22. The standard InChI is InChI=1S/C33H38N2O3/c1-6-7-17-30-29(31(23-37-5)35(34-30)26-13-9-8-10-14-26)22-24-18-20-25(21-19-24)27-15-11-12-16-28(27)32(36)38-33(2,3)4/h8-16,18-21H,6-7,17,22-23H2,1-5H3. The van der Waals surface area contributed by atoms with Gasteiger partial charge in [-0.3, -0.25) is 0 Å². The number of hydrogen-bond donors (Lipinski definition) is 0. The van der Waals surface area contributed by atoms with Crippen LogP contribution in [0.3, 0.4) is 0 Å². The van der Waals surface area contributed by atoms with Crippen LogP contribution in [0.1, 0.15) is 73.4 Å². The van der Waals surface area contributed by atoms with Crippen molar-refractivity contribution in [1.82, 2.24) is 9.78 Å². The van der Waals surface area contributed by atoms with Crippen molar-refractivity contribution in [2.24, 2.45) is 0 Å². The van der Waals surface area contributed by atoms with E-state index in [-0.39, 0.29) is 5.97 Å². The molecule has 0 atom stereocenters. The Hall–Kier alpha value is -3.70. The Kier molecular flexibility index (Phi) is 8.80. The van der Waals surface area contributed by atoms with Gasteiger partial charge < -0.3 is 9.47 Å². The number of hydrogen-bond acceptors (Lipinski definition) is 4. The molecule has 4 rings (SSSR count). The zero-order valence-corrected chi connectivity index (χ0v) is 23.2. The van der Waals surface area contributed by atoms with Crippen molar-refractivity contribution < 1.29 is 14.3 Å². The summed E-state index contributed by atoms with van der Waals surface area (Å²) in [6.07, 6.45) is 3.90. The third kappa shape index (κ3) is 6.59. The molecule has 0 unspecified atom stereocenters. The van der Waals surface area contributed by atoms with E-state index in [9.17, 15) is 4.79 Å². The number of aryl methyl sites for hydroxylation is 1. The number of carbonyl (C=O) groups is 1. The van der Waals surface area contributed by atoms with Crippen LogP contribution in [0.25, 0.3) is 16.8 Å². The first-order valence-corrected chi connectivity index (χ1v) is 13.4. The van der Waals surface area contributed by atoms with Crippen molar-refractivity contribution in [3.05, 3.63) is 107 Å². The molecule has 38 heavy (non-hydrogen) atoms. The van der Waals surface area contributed by atoms with Crippen LogP contribution >= 0.6 is 0 Å². The molecule has 1 aromatic heterocycles. The van der Waals surface area contributed by atoms with Crippen molar-refractivity contribution in [3.63, 3.8) is 0 Å². The Bertz CT molecular complexity index is 1350. The van der Waals surface area contributed by atoms with Crippen LogP contribution in [0.4, 0.5) is 0 Å². The normalized spacial score (nSPS) is 11.5. The highest BCUT2D eigenvalue weighted by molar-refractivity contribution is 5.97. The fourth-order valence-electron chi connectivity index (χ4n) is 4.60. The SMILES string of the molecule is CCCCc1nn(-c2ccccc2)c(COC)c1Cc1ccc(-c2ccccc2C(=O)OC(C)(C)C)cc1. The second-order valence-electron chi connectivity index (χ2n) is 10.6. The molecule has 0 saturated heterocycles. The largest absolute Gasteiger partial charge is 0.456 e. The zero-order valence-electron chi connectivity index (χ0n) is 23.2. The monoisotopic (exact) mass is 510 g/mol. The number of carbonyl (C=O) groups excluding carboxylic acids is 1. The van der Waals surface area contributed by atoms with Crippen LogP contribution in [0, 0.1) is 0 Å². The first-order valence-electron chi connectivity index (χ1n) is 13.4. The molecule has 3 aromatic carbocycles. The van der Waals surface area contributed by atoms with E-state index in [1.165, 1.54) is 11.1 Å². The van der Waals surface area contributed by atoms with Gasteiger partial charge in [0.05, 0.1) is 29.2 Å². The maximum Gasteiger partial charge on any atom is 0.339 e. The lowest BCUT2D eigenvalue weighted by atomic mass is 9.96. The van der Waals surface area contributed by atoms with E-state index >= 15 is 0 Å². The minimum Gasteiger partial charge on any atom is -0.456 e. The van der Waals surface area contributed by atoms with Gasteiger partial charge in [-0.2, -0.15) is 5.10 Å². The van der Waals surface area contributed by atoms with E-state index in [1.807, 2.05) is 67.9 Å². The van der Waals surface area contributed by atoms with Crippen LogP contribution in [0.15, 0.2) is 78.9 Å². The molecule has 0 N–H and O–H groups in total. The molecule has 0 aliphatic heterocycles. The van der Waals surface area contributed by atoms with Crippen LogP contribution in [0.5, 0.6) is 0 Å². The number of aromatic nitrogens is 2. The summed E-state index contributed by atoms with van der Waals surface area (Å²) in [6, 6.07) is 26.3. The van der Waals surface area contributed by atoms with Crippen molar-refractivity contribution in [1.29, 1.82) is 0 Å². The van der Waals surface area contributed by atoms with Gasteiger partial charge in [-0.1, -0.05) is 74.0 Å². The van der Waals surface area contributed by atoms with E-state index in [0.717, 1.165) is 53.9 Å². The molecule has 0 aliphatic carbocycles. The number of nitrogens with zero attached hydrogens (tertiary/aromatic N) is 2. The fraction of sp³-hybridized carbons (Fsp3) is 0.333. The third-order valence-electron chi connectivity index (χ3n) is 6.41. The first-order chi connectivity index (χ1) is 18.3. The van der Waals surface area contributed by atoms with Crippen molar-refractivity contribution in [2.75, 3.05) is 7.11 Å². The molecule has 0 spiro atoms. The molecule has 1 heterocycles. The molecule has 5 nitrogen and oxygen atoms in total. The molecule has 198 valence electrons. The summed E-state index contributed by atoms with van der Waals surface area (Å²) >= 11 is 0. The van der Waals surface area contributed by atoms with Crippen LogP contribution in [-0.2, 0) is 28.9 Å². The smallest absolute Gasteiger partial charge is 0.339 e. The number of unbranched alkanes of at least 4 members (excludes halogenated alkanes) is 1. The van der Waals surface area contributed by atoms with Crippen LogP contribution in [-0.4, -0.2) is 28.5 Å². The number of ether oxygens (including phenoxy) is 2. The maximum absolute atomic E-state index is 12.9. The summed E-state index contributed by atoms with van der Waals surface area (Å²) < 4.78 is 13.3. The summed E-state index contributed by atoms with van der Waals surface area (Å²) in [5.74, 6) is -0.310. The summed E-state index contributed by atoms with van der Waals surface area (Å²) in [6.45, 7) is 8.35. The molecular formula is C33H38N2O3. The van der Waals surface area contributed by atoms with E-state index < -0.39 is 5.60 Å². The quantitative estimate of drug-likeness (QED) is 0.206. The maximum atomic E-state index is 12.9. The molecule has 0 fully saturated rings. The van der Waals surface area contributed by atoms with Crippen molar-refractivity contribution in [3.8, 4) is 16.8 Å². The summed E-state index contributed by atoms with van der Waals surface area (Å²) in [5, 5.41) is 5.04. The Labute approximate surface area is 226 Å². The average molecular weight is 511 g/mol. The second kappa shape index (κ2) is 12.2. The summed E-state index contributed by atoms with van der Waals surface area (Å²) in [7, 11) is 1.73. The van der Waals surface area contributed by atoms with Gasteiger partial charge in [-0.05, 0) is 68.5 Å². The van der Waals surface area contributed by atoms with Gasteiger partial charge in [-0.15, -0.1) is 0 Å². The molecule has 0 bridgehead atoms. The molecular weight excluding hydrogens is 472 g/mol. The van der Waals surface area contributed by atoms with Gasteiger partial charge in [0.25, 0.3) is 0 Å². The number of para-hydroxylation sites is 1. The topological polar surface area (TPSA) is 53.4 Å². The van der Waals surface area contributed by atoms with Gasteiger partial charge in [0.2, 0.25) is 0 Å². The Morgan fingerprint density at radius 2 is 1.61 bits per heavy atom. The average Bonchev–Trinajstić information content (AvgIpc) is 3.24. The van der Waals surface area contributed by atoms with Gasteiger partial charge in [0.15, 0.2) is 0 Å². The highest BCUT2D eigenvalue weighted by Crippen LogP contribution is 2.28. The molecule has 0 radical (unpaired) electrons. The highest BCUT2D eigenvalue weighted by atomic mass is 16.6. The first kappa shape index (κ1) is 27.3. The Morgan fingerprint density at radius 3 is 2.26 bits per heavy atom. The van der Waals surface area contributed by atoms with Crippen molar-refractivity contribution in [2.45, 2.75) is 65.6 Å². The summed E-state index contributed by atoms with van der Waals surface area (Å²) in [5.41, 5.74) is 7.55. The Morgan fingerprint density at radius 1 is 0.921 bits per heavy atom. The van der Waals surface area contributed by atoms with E-state index in [2.05, 4.69) is 43.3 Å². The predicted molar refractivity (Wildman–Crippen MR) is 153 cm³/mol. The molecule has 0 amide bonds. The predicted octanol–water partition coefficient (Wildman–Crippen LogP) is 7.57. The summed E-state index contributed by atoms with van der Waals surface area (Å²) in [4.78, 5) is 12.9. The number of esters is 1. The molecule has 4 aromatic rings. The lowest BCUT2D eigenvalue weighted by Gasteiger charge is -2.20. The van der Waals surface area contributed by atoms with E-state index in [4.69, 9.17) is 14.6 Å². The number of rotatable bonds is 10. The zero-order chi connectivity index (χ0) is 27.1. The van der Waals surface area contributed by atoms with E-state index in [0.29, 0.717) is 12.2 Å².